The van der Waals surface area contributed by atoms with Crippen LogP contribution in [-0.2, 0) is 11.4 Å². The third-order valence-electron chi connectivity index (χ3n) is 4.78. The molecule has 1 atom stereocenters. The third kappa shape index (κ3) is 4.06. The summed E-state index contributed by atoms with van der Waals surface area (Å²) < 4.78 is 25.5. The molecule has 2 aromatic carbocycles. The zero-order valence-electron chi connectivity index (χ0n) is 15.4. The van der Waals surface area contributed by atoms with Crippen molar-refractivity contribution in [1.29, 1.82) is 0 Å². The smallest absolute Gasteiger partial charge is 0.261 e. The Morgan fingerprint density at radius 2 is 1.89 bits per heavy atom. The maximum absolute atomic E-state index is 13.9. The van der Waals surface area contributed by atoms with Crippen LogP contribution in [0.25, 0.3) is 10.9 Å². The number of ether oxygens (including phenoxy) is 2. The van der Waals surface area contributed by atoms with Crippen LogP contribution in [0.1, 0.15) is 24.8 Å². The predicted octanol–water partition coefficient (Wildman–Crippen LogP) is 4.00. The second kappa shape index (κ2) is 8.25. The average Bonchev–Trinajstić information content (AvgIpc) is 2.93. The molecule has 0 bridgehead atoms. The molecule has 3 aromatic rings. The van der Waals surface area contributed by atoms with Gasteiger partial charge in [0.05, 0.1) is 5.52 Å². The summed E-state index contributed by atoms with van der Waals surface area (Å²) in [4.78, 5) is 16.3. The number of hydrogen-bond acceptors (Lipinski definition) is 4. The van der Waals surface area contributed by atoms with Crippen molar-refractivity contribution in [2.75, 3.05) is 6.54 Å². The molecule has 1 fully saturated rings. The lowest BCUT2D eigenvalue weighted by atomic mass is 10.1. The zero-order valence-corrected chi connectivity index (χ0v) is 15.4. The summed E-state index contributed by atoms with van der Waals surface area (Å²) in [5, 5.41) is 3.34. The number of nitrogens with one attached hydrogen (secondary N) is 1. The number of carbonyl (C=O) groups excluding carboxylic acids is 1. The first-order valence-electron chi connectivity index (χ1n) is 9.40. The number of hydrogen-bond donors (Lipinski definition) is 1. The fraction of sp³-hybridized carbons (Fsp3) is 0.273. The molecule has 1 aliphatic rings. The standard InChI is InChI=1S/C22H21FN2O3/c23-19-11-6-15(21-18(19)4-3-13-24-21)14-27-16-7-9-17(10-8-16)28-20-5-1-2-12-25-22(20)26/h3-4,6-11,13,20H,1-2,5,12,14H2,(H,25,26)/t20-/m1/s1. The minimum absolute atomic E-state index is 0.0616. The quantitative estimate of drug-likeness (QED) is 0.727. The maximum atomic E-state index is 13.9. The molecule has 1 N–H and O–H groups in total. The average molecular weight is 380 g/mol. The Balaban J connectivity index is 1.41. The number of nitrogens with zero attached hydrogens (tertiary/aromatic N) is 1. The van der Waals surface area contributed by atoms with Crippen LogP contribution in [0.5, 0.6) is 11.5 Å². The highest BCUT2D eigenvalue weighted by Gasteiger charge is 2.22. The molecule has 1 aliphatic heterocycles. The Morgan fingerprint density at radius 3 is 2.75 bits per heavy atom. The lowest BCUT2D eigenvalue weighted by molar-refractivity contribution is -0.127. The molecule has 5 nitrogen and oxygen atoms in total. The van der Waals surface area contributed by atoms with Crippen LogP contribution in [-0.4, -0.2) is 23.5 Å². The number of aromatic nitrogens is 1. The summed E-state index contributed by atoms with van der Waals surface area (Å²) in [5.41, 5.74) is 1.41. The molecular formula is C22H21FN2O3. The number of amides is 1. The Labute approximate surface area is 162 Å². The number of fused-ring (bicyclic) bond motifs is 1. The van der Waals surface area contributed by atoms with Gasteiger partial charge in [0, 0.05) is 23.7 Å². The van der Waals surface area contributed by atoms with Crippen LogP contribution in [0.15, 0.2) is 54.7 Å². The van der Waals surface area contributed by atoms with E-state index in [1.807, 2.05) is 0 Å². The largest absolute Gasteiger partial charge is 0.489 e. The molecule has 0 aliphatic carbocycles. The van der Waals surface area contributed by atoms with Crippen LogP contribution in [0.3, 0.4) is 0 Å². The van der Waals surface area contributed by atoms with E-state index in [0.29, 0.717) is 35.4 Å². The van der Waals surface area contributed by atoms with Gasteiger partial charge in [-0.15, -0.1) is 0 Å². The number of benzene rings is 2. The first-order chi connectivity index (χ1) is 13.7. The number of halogens is 1. The van der Waals surface area contributed by atoms with E-state index in [-0.39, 0.29) is 18.3 Å². The van der Waals surface area contributed by atoms with Crippen molar-refractivity contribution in [2.24, 2.45) is 0 Å². The molecular weight excluding hydrogens is 359 g/mol. The van der Waals surface area contributed by atoms with Gasteiger partial charge in [0.15, 0.2) is 6.10 Å². The van der Waals surface area contributed by atoms with Crippen LogP contribution >= 0.6 is 0 Å². The monoisotopic (exact) mass is 380 g/mol. The molecule has 4 rings (SSSR count). The van der Waals surface area contributed by atoms with E-state index in [9.17, 15) is 9.18 Å². The number of pyridine rings is 1. The van der Waals surface area contributed by atoms with Gasteiger partial charge in [0.2, 0.25) is 0 Å². The van der Waals surface area contributed by atoms with Crippen molar-refractivity contribution in [3.63, 3.8) is 0 Å². The molecule has 0 spiro atoms. The SMILES string of the molecule is O=C1NCCCC[C@H]1Oc1ccc(OCc2ccc(F)c3cccnc23)cc1. The molecule has 2 heterocycles. The van der Waals surface area contributed by atoms with Crippen molar-refractivity contribution in [1.82, 2.24) is 10.3 Å². The van der Waals surface area contributed by atoms with Gasteiger partial charge in [0.1, 0.15) is 23.9 Å². The van der Waals surface area contributed by atoms with Gasteiger partial charge >= 0.3 is 0 Å². The molecule has 0 radical (unpaired) electrons. The lowest BCUT2D eigenvalue weighted by Gasteiger charge is -2.16. The minimum atomic E-state index is -0.453. The first kappa shape index (κ1) is 18.2. The normalized spacial score (nSPS) is 17.0. The highest BCUT2D eigenvalue weighted by molar-refractivity contribution is 5.82. The van der Waals surface area contributed by atoms with E-state index in [0.717, 1.165) is 18.4 Å². The molecule has 28 heavy (non-hydrogen) atoms. The summed E-state index contributed by atoms with van der Waals surface area (Å²) in [7, 11) is 0. The third-order valence-corrected chi connectivity index (χ3v) is 4.78. The van der Waals surface area contributed by atoms with Gasteiger partial charge < -0.3 is 14.8 Å². The molecule has 0 saturated carbocycles. The molecule has 6 heteroatoms. The fourth-order valence-electron chi connectivity index (χ4n) is 3.28. The van der Waals surface area contributed by atoms with E-state index in [1.165, 1.54) is 6.07 Å². The van der Waals surface area contributed by atoms with Gasteiger partial charge in [-0.3, -0.25) is 9.78 Å². The molecule has 1 saturated heterocycles. The van der Waals surface area contributed by atoms with Crippen molar-refractivity contribution in [3.8, 4) is 11.5 Å². The van der Waals surface area contributed by atoms with Crippen molar-refractivity contribution in [3.05, 3.63) is 66.1 Å². The summed E-state index contributed by atoms with van der Waals surface area (Å²) in [6, 6.07) is 13.7. The Morgan fingerprint density at radius 1 is 1.07 bits per heavy atom. The highest BCUT2D eigenvalue weighted by Crippen LogP contribution is 2.24. The minimum Gasteiger partial charge on any atom is -0.489 e. The van der Waals surface area contributed by atoms with E-state index >= 15 is 0 Å². The van der Waals surface area contributed by atoms with Gasteiger partial charge in [-0.1, -0.05) is 6.07 Å². The number of carbonyl (C=O) groups is 1. The molecule has 144 valence electrons. The summed E-state index contributed by atoms with van der Waals surface area (Å²) >= 11 is 0. The first-order valence-corrected chi connectivity index (χ1v) is 9.40. The van der Waals surface area contributed by atoms with Crippen molar-refractivity contribution in [2.45, 2.75) is 32.0 Å². The molecule has 1 amide bonds. The van der Waals surface area contributed by atoms with E-state index in [2.05, 4.69) is 10.3 Å². The van der Waals surface area contributed by atoms with Crippen molar-refractivity contribution >= 4 is 16.8 Å². The van der Waals surface area contributed by atoms with Crippen LogP contribution in [0.4, 0.5) is 4.39 Å². The lowest BCUT2D eigenvalue weighted by Crippen LogP contribution is -2.36. The molecule has 1 aromatic heterocycles. The Bertz CT molecular complexity index is 975. The van der Waals surface area contributed by atoms with E-state index in [4.69, 9.17) is 9.47 Å². The van der Waals surface area contributed by atoms with Crippen molar-refractivity contribution < 1.29 is 18.7 Å². The maximum Gasteiger partial charge on any atom is 0.261 e. The topological polar surface area (TPSA) is 60.5 Å². The summed E-state index contributed by atoms with van der Waals surface area (Å²) in [6.45, 7) is 0.984. The van der Waals surface area contributed by atoms with Crippen LogP contribution in [0.2, 0.25) is 0 Å². The fourth-order valence-corrected chi connectivity index (χ4v) is 3.28. The van der Waals surface area contributed by atoms with Gasteiger partial charge in [-0.2, -0.15) is 0 Å². The number of rotatable bonds is 5. The van der Waals surface area contributed by atoms with E-state index in [1.54, 1.807) is 48.7 Å². The molecule has 0 unspecified atom stereocenters. The van der Waals surface area contributed by atoms with Crippen LogP contribution in [0, 0.1) is 5.82 Å². The van der Waals surface area contributed by atoms with Gasteiger partial charge in [-0.25, -0.2) is 4.39 Å². The van der Waals surface area contributed by atoms with Gasteiger partial charge in [0.25, 0.3) is 5.91 Å². The van der Waals surface area contributed by atoms with Gasteiger partial charge in [-0.05, 0) is 61.7 Å². The van der Waals surface area contributed by atoms with Crippen LogP contribution < -0.4 is 14.8 Å². The predicted molar refractivity (Wildman–Crippen MR) is 104 cm³/mol. The Kier molecular flexibility index (Phi) is 5.37. The van der Waals surface area contributed by atoms with E-state index < -0.39 is 6.10 Å². The summed E-state index contributed by atoms with van der Waals surface area (Å²) in [6.07, 6.45) is 3.84. The zero-order chi connectivity index (χ0) is 19.3. The second-order valence-corrected chi connectivity index (χ2v) is 6.76. The highest BCUT2D eigenvalue weighted by atomic mass is 19.1. The summed E-state index contributed by atoms with van der Waals surface area (Å²) in [5.74, 6) is 0.929. The Hall–Kier alpha value is -3.15. The second-order valence-electron chi connectivity index (χ2n) is 6.76.